The van der Waals surface area contributed by atoms with E-state index < -0.39 is 0 Å². The smallest absolute Gasteiger partial charge is 0.0765 e. The van der Waals surface area contributed by atoms with Gasteiger partial charge in [-0.05, 0) is 39.7 Å². The molecular weight excluding hydrogens is 260 g/mol. The van der Waals surface area contributed by atoms with Crippen LogP contribution in [0.2, 0.25) is 0 Å². The van der Waals surface area contributed by atoms with Gasteiger partial charge in [-0.25, -0.2) is 0 Å². The summed E-state index contributed by atoms with van der Waals surface area (Å²) in [6.07, 6.45) is 5.78. The molecule has 2 unspecified atom stereocenters. The molecule has 1 saturated heterocycles. The van der Waals surface area contributed by atoms with Crippen molar-refractivity contribution >= 4 is 0 Å². The lowest BCUT2D eigenvalue weighted by Gasteiger charge is -2.46. The Morgan fingerprint density at radius 2 is 2.19 bits per heavy atom. The van der Waals surface area contributed by atoms with Crippen LogP contribution in [0.15, 0.2) is 12.3 Å². The van der Waals surface area contributed by atoms with Crippen LogP contribution >= 0.6 is 0 Å². The molecule has 0 amide bonds. The molecule has 0 bridgehead atoms. The van der Waals surface area contributed by atoms with E-state index in [4.69, 9.17) is 5.10 Å². The normalized spacial score (nSPS) is 27.4. The SMILES string of the molecule is CCCC1CNC(C)(CC)CN1Cc1ccn(C(C)C)n1. The Morgan fingerprint density at radius 3 is 2.76 bits per heavy atom. The summed E-state index contributed by atoms with van der Waals surface area (Å²) >= 11 is 0. The van der Waals surface area contributed by atoms with Crippen molar-refractivity contribution in [3.63, 3.8) is 0 Å². The van der Waals surface area contributed by atoms with Crippen LogP contribution in [0.25, 0.3) is 0 Å². The number of rotatable bonds is 6. The molecule has 0 radical (unpaired) electrons. The minimum atomic E-state index is 0.241. The van der Waals surface area contributed by atoms with Crippen LogP contribution in [0.1, 0.15) is 65.6 Å². The summed E-state index contributed by atoms with van der Waals surface area (Å²) in [6, 6.07) is 3.25. The highest BCUT2D eigenvalue weighted by molar-refractivity contribution is 5.03. The second-order valence-electron chi connectivity index (χ2n) is 7.02. The van der Waals surface area contributed by atoms with Gasteiger partial charge in [0.2, 0.25) is 0 Å². The molecule has 120 valence electrons. The fourth-order valence-electron chi connectivity index (χ4n) is 3.12. The van der Waals surface area contributed by atoms with Crippen molar-refractivity contribution in [2.45, 2.75) is 78.0 Å². The molecule has 2 atom stereocenters. The summed E-state index contributed by atoms with van der Waals surface area (Å²) in [7, 11) is 0. The Morgan fingerprint density at radius 1 is 1.43 bits per heavy atom. The van der Waals surface area contributed by atoms with E-state index in [1.54, 1.807) is 0 Å². The van der Waals surface area contributed by atoms with Crippen LogP contribution in [0.3, 0.4) is 0 Å². The Balaban J connectivity index is 2.07. The van der Waals surface area contributed by atoms with Crippen LogP contribution in [0.5, 0.6) is 0 Å². The van der Waals surface area contributed by atoms with Crippen molar-refractivity contribution in [3.05, 3.63) is 18.0 Å². The molecule has 4 heteroatoms. The van der Waals surface area contributed by atoms with E-state index in [-0.39, 0.29) is 5.54 Å². The third-order valence-electron chi connectivity index (χ3n) is 4.79. The predicted octanol–water partition coefficient (Wildman–Crippen LogP) is 3.21. The number of aromatic nitrogens is 2. The third kappa shape index (κ3) is 4.07. The molecule has 1 aromatic heterocycles. The first kappa shape index (κ1) is 16.5. The largest absolute Gasteiger partial charge is 0.309 e. The fraction of sp³-hybridized carbons (Fsp3) is 0.824. The van der Waals surface area contributed by atoms with Gasteiger partial charge in [-0.15, -0.1) is 0 Å². The van der Waals surface area contributed by atoms with Gasteiger partial charge in [-0.3, -0.25) is 9.58 Å². The Kier molecular flexibility index (Phi) is 5.44. The van der Waals surface area contributed by atoms with E-state index >= 15 is 0 Å². The molecule has 2 heterocycles. The highest BCUT2D eigenvalue weighted by Gasteiger charge is 2.34. The average Bonchev–Trinajstić information content (AvgIpc) is 2.91. The second-order valence-corrected chi connectivity index (χ2v) is 7.02. The van der Waals surface area contributed by atoms with E-state index in [0.717, 1.165) is 19.6 Å². The van der Waals surface area contributed by atoms with Crippen LogP contribution in [-0.2, 0) is 6.54 Å². The maximum absolute atomic E-state index is 4.73. The highest BCUT2D eigenvalue weighted by Crippen LogP contribution is 2.23. The first-order valence-corrected chi connectivity index (χ1v) is 8.50. The van der Waals surface area contributed by atoms with Crippen LogP contribution in [0, 0.1) is 0 Å². The van der Waals surface area contributed by atoms with Crippen molar-refractivity contribution in [2.75, 3.05) is 13.1 Å². The van der Waals surface area contributed by atoms with Crippen molar-refractivity contribution < 1.29 is 0 Å². The van der Waals surface area contributed by atoms with Gasteiger partial charge in [-0.1, -0.05) is 20.3 Å². The minimum Gasteiger partial charge on any atom is -0.309 e. The van der Waals surface area contributed by atoms with Gasteiger partial charge >= 0.3 is 0 Å². The molecule has 1 aliphatic rings. The van der Waals surface area contributed by atoms with E-state index in [9.17, 15) is 0 Å². The Labute approximate surface area is 129 Å². The molecule has 1 aliphatic heterocycles. The number of hydrogen-bond donors (Lipinski definition) is 1. The highest BCUT2D eigenvalue weighted by atomic mass is 15.3. The first-order chi connectivity index (χ1) is 9.97. The quantitative estimate of drug-likeness (QED) is 0.874. The predicted molar refractivity (Wildman–Crippen MR) is 88.4 cm³/mol. The molecule has 0 spiro atoms. The number of piperazine rings is 1. The molecule has 1 fully saturated rings. The maximum atomic E-state index is 4.73. The number of nitrogens with one attached hydrogen (secondary N) is 1. The van der Waals surface area contributed by atoms with Crippen LogP contribution in [-0.4, -0.2) is 39.4 Å². The van der Waals surface area contributed by atoms with Crippen LogP contribution in [0.4, 0.5) is 0 Å². The molecule has 21 heavy (non-hydrogen) atoms. The zero-order chi connectivity index (χ0) is 15.5. The molecule has 0 saturated carbocycles. The molecular formula is C17H32N4. The minimum absolute atomic E-state index is 0.241. The molecule has 0 aliphatic carbocycles. The van der Waals surface area contributed by atoms with Gasteiger partial charge in [0.05, 0.1) is 5.69 Å². The Hall–Kier alpha value is -0.870. The van der Waals surface area contributed by atoms with Crippen LogP contribution < -0.4 is 5.32 Å². The van der Waals surface area contributed by atoms with E-state index in [1.165, 1.54) is 25.0 Å². The lowest BCUT2D eigenvalue weighted by molar-refractivity contribution is 0.0713. The number of nitrogens with zero attached hydrogens (tertiary/aromatic N) is 3. The summed E-state index contributed by atoms with van der Waals surface area (Å²) in [6.45, 7) is 14.4. The lowest BCUT2D eigenvalue weighted by Crippen LogP contribution is -2.62. The van der Waals surface area contributed by atoms with Gasteiger partial charge in [0, 0.05) is 43.5 Å². The molecule has 2 rings (SSSR count). The maximum Gasteiger partial charge on any atom is 0.0765 e. The molecule has 0 aromatic carbocycles. The van der Waals surface area contributed by atoms with Gasteiger partial charge < -0.3 is 5.32 Å². The standard InChI is InChI=1S/C17H32N4/c1-6-8-16-11-18-17(5,7-2)13-20(16)12-15-9-10-21(19-15)14(3)4/h9-10,14,16,18H,6-8,11-13H2,1-5H3. The summed E-state index contributed by atoms with van der Waals surface area (Å²) in [5, 5.41) is 8.48. The van der Waals surface area contributed by atoms with E-state index in [2.05, 4.69) is 61.8 Å². The van der Waals surface area contributed by atoms with Crippen molar-refractivity contribution in [3.8, 4) is 0 Å². The summed E-state index contributed by atoms with van der Waals surface area (Å²) in [5.41, 5.74) is 1.44. The van der Waals surface area contributed by atoms with Gasteiger partial charge in [0.15, 0.2) is 0 Å². The Bertz CT molecular complexity index is 440. The zero-order valence-corrected chi connectivity index (χ0v) is 14.4. The molecule has 4 nitrogen and oxygen atoms in total. The summed E-state index contributed by atoms with van der Waals surface area (Å²) in [5.74, 6) is 0. The second kappa shape index (κ2) is 6.93. The van der Waals surface area contributed by atoms with Crippen molar-refractivity contribution in [1.29, 1.82) is 0 Å². The zero-order valence-electron chi connectivity index (χ0n) is 14.4. The third-order valence-corrected chi connectivity index (χ3v) is 4.79. The summed E-state index contributed by atoms with van der Waals surface area (Å²) < 4.78 is 2.06. The molecule has 1 N–H and O–H groups in total. The topological polar surface area (TPSA) is 33.1 Å². The van der Waals surface area contributed by atoms with Gasteiger partial charge in [0.1, 0.15) is 0 Å². The van der Waals surface area contributed by atoms with E-state index in [1.807, 2.05) is 0 Å². The average molecular weight is 292 g/mol. The lowest BCUT2D eigenvalue weighted by atomic mass is 9.92. The van der Waals surface area contributed by atoms with Gasteiger partial charge in [-0.2, -0.15) is 5.10 Å². The number of hydrogen-bond acceptors (Lipinski definition) is 3. The first-order valence-electron chi connectivity index (χ1n) is 8.50. The summed E-state index contributed by atoms with van der Waals surface area (Å²) in [4.78, 5) is 2.64. The molecule has 1 aromatic rings. The van der Waals surface area contributed by atoms with Crippen molar-refractivity contribution in [1.82, 2.24) is 20.0 Å². The van der Waals surface area contributed by atoms with Crippen molar-refractivity contribution in [2.24, 2.45) is 0 Å². The monoisotopic (exact) mass is 292 g/mol. The van der Waals surface area contributed by atoms with Gasteiger partial charge in [0.25, 0.3) is 0 Å². The van der Waals surface area contributed by atoms with E-state index in [0.29, 0.717) is 12.1 Å². The fourth-order valence-corrected chi connectivity index (χ4v) is 3.12.